The number of hydrogen-bond acceptors (Lipinski definition) is 33. The lowest BCUT2D eigenvalue weighted by Gasteiger charge is -2.26. The Kier molecular flexibility index (Phi) is 16.5. The number of fused-ring (bicyclic) bond motifs is 2. The summed E-state index contributed by atoms with van der Waals surface area (Å²) >= 11 is 0. The number of ether oxygens (including phenoxy) is 4. The van der Waals surface area contributed by atoms with Gasteiger partial charge in [0.15, 0.2) is 41.7 Å². The summed E-state index contributed by atoms with van der Waals surface area (Å²) in [5, 5.41) is 66.2. The Morgan fingerprint density at radius 2 is 1.02 bits per heavy atom. The van der Waals surface area contributed by atoms with Crippen molar-refractivity contribution < 1.29 is 105 Å². The topological polar surface area (TPSA) is 627 Å². The third kappa shape index (κ3) is 12.0. The van der Waals surface area contributed by atoms with Crippen molar-refractivity contribution in [3.63, 3.8) is 0 Å². The average molecular weight is 1240 g/mol. The molecule has 10 rings (SSSR count). The number of nitrogens with one attached hydrogen (secondary N) is 2. The molecule has 19 atom stereocenters. The maximum Gasteiger partial charge on any atom is 0.472 e. The summed E-state index contributed by atoms with van der Waals surface area (Å²) in [5.74, 6) is -1.38. The van der Waals surface area contributed by atoms with Crippen molar-refractivity contribution in [2.75, 3.05) is 49.4 Å². The standard InChI is InChI=1S/C38H49N16O26P3/c39-15-1-3-52(38(64)45-15)33-22(60)25(13(76-33)7-72-82(67,68)78-24-11(5-55)74-32(21(24)59)51-4-2-16(56)46-36(51)42)79-83(69,70)73-8-14-26(23(61)34(77-14)54-10-44-18-29(54)48-35(41)50-30(18)62)80-81(65,66)71-6-12-19(57)20(58)31(75-12)53-9-43-17-27(40)47-37(63)49-28(17)53/h1-4,9-14,19-26,31-34,55,57-61H,5-8H2,(H,65,66)(H,67,68)(H,69,70)(H2,39,45,64)(H2,42,46,56)(H3,40,47,49,63)(H3,41,48,50,62)/t11-,12-,13-,14-,19-,20-,21-,22-,23-,24-,25-,26-,31-,32-,33-,34-/m1/s1. The Morgan fingerprint density at radius 1 is 0.554 bits per heavy atom. The number of nitrogen functional groups attached to an aromatic ring is 4. The van der Waals surface area contributed by atoms with E-state index in [4.69, 9.17) is 69.0 Å². The van der Waals surface area contributed by atoms with E-state index < -0.39 is 182 Å². The maximum absolute atomic E-state index is 14.0. The van der Waals surface area contributed by atoms with E-state index in [1.807, 2.05) is 0 Å². The van der Waals surface area contributed by atoms with Crippen LogP contribution in [-0.2, 0) is 59.8 Å². The highest BCUT2D eigenvalue weighted by Crippen LogP contribution is 2.54. The van der Waals surface area contributed by atoms with E-state index in [0.29, 0.717) is 4.57 Å². The van der Waals surface area contributed by atoms with Gasteiger partial charge >= 0.3 is 34.8 Å². The lowest BCUT2D eigenvalue weighted by Crippen LogP contribution is -2.39. The number of nitrogens with two attached hydrogens (primary N) is 4. The van der Waals surface area contributed by atoms with Gasteiger partial charge < -0.3 is 87.2 Å². The Bertz CT molecular complexity index is 3810. The molecule has 4 fully saturated rings. The first-order chi connectivity index (χ1) is 39.1. The molecule has 0 saturated carbocycles. The van der Waals surface area contributed by atoms with Crippen molar-refractivity contribution in [3.05, 3.63) is 78.9 Å². The monoisotopic (exact) mass is 1240 g/mol. The molecule has 4 aliphatic rings. The van der Waals surface area contributed by atoms with Gasteiger partial charge in [-0.05, 0) is 6.07 Å². The van der Waals surface area contributed by atoms with E-state index in [2.05, 4.69) is 39.9 Å². The fourth-order valence-electron chi connectivity index (χ4n) is 9.34. The molecule has 0 amide bonds. The van der Waals surface area contributed by atoms with Crippen LogP contribution in [-0.4, -0.2) is 203 Å². The number of aliphatic hydroxyl groups excluding tert-OH is 6. The number of aromatic amines is 2. The lowest BCUT2D eigenvalue weighted by molar-refractivity contribution is -0.0643. The van der Waals surface area contributed by atoms with Crippen LogP contribution >= 0.6 is 23.5 Å². The summed E-state index contributed by atoms with van der Waals surface area (Å²) < 4.78 is 99.1. The van der Waals surface area contributed by atoms with Gasteiger partial charge in [0, 0.05) is 18.5 Å². The van der Waals surface area contributed by atoms with E-state index in [1.54, 1.807) is 0 Å². The van der Waals surface area contributed by atoms with Crippen LogP contribution in [0.5, 0.6) is 0 Å². The zero-order valence-electron chi connectivity index (χ0n) is 41.6. The largest absolute Gasteiger partial charge is 0.472 e. The van der Waals surface area contributed by atoms with Gasteiger partial charge in [-0.15, -0.1) is 0 Å². The van der Waals surface area contributed by atoms with Gasteiger partial charge in [0.2, 0.25) is 11.9 Å². The SMILES string of the molecule is Nc1ccn([C@@H]2O[C@H](COP(=O)(O)O[C@H]3[C@@H](O)[C@H](n4ccc(=O)nc4N)O[C@@H]3CO)[C@@H](OP(=O)(O)OC[C@H]3O[C@@H](n4cnc5c(=O)[nH]c(N)nc54)[C@H](O)[C@@H]3OP(=O)(O)OC[C@H]3O[C@@H](n4cnc5c(N)[nH]c(=O)nc54)[C@H](O)[C@@H]3O)[C@H]2O)c(=O)n1. The van der Waals surface area contributed by atoms with Gasteiger partial charge in [0.25, 0.3) is 11.1 Å². The molecule has 6 aromatic heterocycles. The normalized spacial score (nSPS) is 32.3. The fourth-order valence-corrected chi connectivity index (χ4v) is 12.2. The van der Waals surface area contributed by atoms with Crippen LogP contribution in [0, 0.1) is 0 Å². The highest BCUT2D eigenvalue weighted by atomic mass is 31.2. The molecule has 0 radical (unpaired) electrons. The molecule has 0 bridgehead atoms. The minimum absolute atomic E-state index is 0.0142. The fraction of sp³-hybridized carbons (Fsp3) is 0.526. The Balaban J connectivity index is 0.862. The number of aromatic nitrogens is 12. The van der Waals surface area contributed by atoms with Crippen LogP contribution < -0.4 is 45.4 Å². The zero-order chi connectivity index (χ0) is 59.8. The predicted octanol–water partition coefficient (Wildman–Crippen LogP) is -7.01. The van der Waals surface area contributed by atoms with Gasteiger partial charge in [-0.1, -0.05) is 0 Å². The van der Waals surface area contributed by atoms with Crippen molar-refractivity contribution in [3.8, 4) is 0 Å². The highest BCUT2D eigenvalue weighted by Gasteiger charge is 2.55. The van der Waals surface area contributed by atoms with Crippen LogP contribution in [0.2, 0.25) is 0 Å². The second kappa shape index (κ2) is 22.9. The number of anilines is 4. The summed E-state index contributed by atoms with van der Waals surface area (Å²) in [6.07, 6.45) is -26.1. The number of rotatable bonds is 20. The summed E-state index contributed by atoms with van der Waals surface area (Å²) in [5.41, 5.74) is 18.4. The van der Waals surface area contributed by atoms with Crippen molar-refractivity contribution in [2.24, 2.45) is 0 Å². The number of imidazole rings is 2. The van der Waals surface area contributed by atoms with Crippen LogP contribution in [0.15, 0.2) is 56.4 Å². The van der Waals surface area contributed by atoms with E-state index in [0.717, 1.165) is 50.9 Å². The number of nitrogens with zero attached hydrogens (tertiary/aromatic N) is 10. The Morgan fingerprint density at radius 3 is 1.58 bits per heavy atom. The minimum atomic E-state index is -5.75. The second-order valence-electron chi connectivity index (χ2n) is 18.5. The summed E-state index contributed by atoms with van der Waals surface area (Å²) in [6, 6.07) is 2.04. The molecular formula is C38H49N16O26P3. The molecule has 0 spiro atoms. The summed E-state index contributed by atoms with van der Waals surface area (Å²) in [4.78, 5) is 110. The summed E-state index contributed by atoms with van der Waals surface area (Å²) in [7, 11) is -16.8. The van der Waals surface area contributed by atoms with Gasteiger partial charge in [0.1, 0.15) is 90.4 Å². The Labute approximate surface area is 458 Å². The molecule has 45 heteroatoms. The zero-order valence-corrected chi connectivity index (χ0v) is 44.3. The third-order valence-electron chi connectivity index (χ3n) is 13.2. The molecule has 0 aromatic carbocycles. The van der Waals surface area contributed by atoms with Gasteiger partial charge in [-0.25, -0.2) is 33.3 Å². The van der Waals surface area contributed by atoms with Crippen molar-refractivity contribution in [1.82, 2.24) is 58.1 Å². The molecule has 10 heterocycles. The number of aliphatic hydroxyl groups is 6. The first-order valence-corrected chi connectivity index (χ1v) is 28.4. The Hall–Kier alpha value is -6.41. The van der Waals surface area contributed by atoms with Gasteiger partial charge in [-0.3, -0.25) is 65.0 Å². The van der Waals surface area contributed by atoms with Crippen LogP contribution in [0.25, 0.3) is 22.3 Å². The predicted molar refractivity (Wildman–Crippen MR) is 266 cm³/mol. The molecule has 19 N–H and O–H groups in total. The van der Waals surface area contributed by atoms with Crippen molar-refractivity contribution in [1.29, 1.82) is 0 Å². The molecule has 3 unspecified atom stereocenters. The number of H-pyrrole nitrogens is 2. The molecule has 452 valence electrons. The van der Waals surface area contributed by atoms with Gasteiger partial charge in [0.05, 0.1) is 39.1 Å². The van der Waals surface area contributed by atoms with Crippen LogP contribution in [0.3, 0.4) is 0 Å². The number of phosphoric ester groups is 3. The molecule has 6 aromatic rings. The molecule has 0 aliphatic carbocycles. The minimum Gasteiger partial charge on any atom is -0.394 e. The molecule has 83 heavy (non-hydrogen) atoms. The van der Waals surface area contributed by atoms with Gasteiger partial charge in [-0.2, -0.15) is 19.9 Å². The highest BCUT2D eigenvalue weighted by molar-refractivity contribution is 7.48. The first-order valence-electron chi connectivity index (χ1n) is 23.9. The third-order valence-corrected chi connectivity index (χ3v) is 16.1. The molecular weight excluding hydrogens is 1190 g/mol. The maximum atomic E-state index is 14.0. The molecule has 4 aliphatic heterocycles. The average Bonchev–Trinajstić information content (AvgIpc) is 2.90. The smallest absolute Gasteiger partial charge is 0.394 e. The van der Waals surface area contributed by atoms with E-state index in [9.17, 15) is 78.2 Å². The van der Waals surface area contributed by atoms with Crippen LogP contribution in [0.1, 0.15) is 24.9 Å². The van der Waals surface area contributed by atoms with E-state index >= 15 is 0 Å². The number of phosphoric acid groups is 3. The van der Waals surface area contributed by atoms with Crippen molar-refractivity contribution >= 4 is 69.3 Å². The second-order valence-corrected chi connectivity index (χ2v) is 22.7. The number of hydrogen-bond donors (Lipinski definition) is 15. The summed E-state index contributed by atoms with van der Waals surface area (Å²) in [6.45, 7) is -4.48. The first kappa shape index (κ1) is 59.7. The van der Waals surface area contributed by atoms with E-state index in [1.165, 1.54) is 0 Å². The van der Waals surface area contributed by atoms with Crippen molar-refractivity contribution in [2.45, 2.75) is 98.2 Å². The van der Waals surface area contributed by atoms with E-state index in [-0.39, 0.29) is 34.0 Å². The van der Waals surface area contributed by atoms with Crippen LogP contribution in [0.4, 0.5) is 23.5 Å². The molecule has 42 nitrogen and oxygen atoms in total. The quantitative estimate of drug-likeness (QED) is 0.0316. The molecule has 4 saturated heterocycles. The lowest BCUT2D eigenvalue weighted by atomic mass is 10.1.